The number of benzene rings is 2. The molecule has 0 radical (unpaired) electrons. The van der Waals surface area contributed by atoms with E-state index in [4.69, 9.17) is 4.74 Å². The van der Waals surface area contributed by atoms with Crippen molar-refractivity contribution in [2.45, 2.75) is 24.3 Å². The van der Waals surface area contributed by atoms with Gasteiger partial charge in [-0.25, -0.2) is 4.39 Å². The standard InChI is InChI=1S/C22H23FN4O2S/c1-15-5-3-4-6-19(15)27-21(26-11-13-29-14-12-26)24-25-22(27)30-16(2)20(28)17-7-9-18(23)10-8-17/h3-10,16H,11-14H2,1-2H3. The quantitative estimate of drug-likeness (QED) is 0.440. The van der Waals surface area contributed by atoms with Crippen LogP contribution in [0.1, 0.15) is 22.8 Å². The van der Waals surface area contributed by atoms with E-state index in [1.54, 1.807) is 0 Å². The number of ether oxygens (including phenoxy) is 1. The number of nitrogens with zero attached hydrogens (tertiary/aromatic N) is 4. The number of anilines is 1. The number of carbonyl (C=O) groups is 1. The van der Waals surface area contributed by atoms with Gasteiger partial charge in [0.05, 0.1) is 24.2 Å². The Balaban J connectivity index is 1.67. The summed E-state index contributed by atoms with van der Waals surface area (Å²) in [5, 5.41) is 9.12. The number of para-hydroxylation sites is 1. The number of halogens is 1. The van der Waals surface area contributed by atoms with E-state index < -0.39 is 5.25 Å². The lowest BCUT2D eigenvalue weighted by atomic mass is 10.1. The molecule has 0 spiro atoms. The van der Waals surface area contributed by atoms with E-state index in [1.165, 1.54) is 36.0 Å². The van der Waals surface area contributed by atoms with Gasteiger partial charge in [-0.15, -0.1) is 10.2 Å². The first-order chi connectivity index (χ1) is 14.5. The van der Waals surface area contributed by atoms with Crippen LogP contribution < -0.4 is 4.90 Å². The molecular formula is C22H23FN4O2S. The van der Waals surface area contributed by atoms with Crippen molar-refractivity contribution in [1.82, 2.24) is 14.8 Å². The highest BCUT2D eigenvalue weighted by atomic mass is 32.2. The lowest BCUT2D eigenvalue weighted by molar-refractivity contribution is 0.0994. The Labute approximate surface area is 179 Å². The summed E-state index contributed by atoms with van der Waals surface area (Å²) in [4.78, 5) is 15.0. The fraction of sp³-hybridized carbons (Fsp3) is 0.318. The minimum Gasteiger partial charge on any atom is -0.378 e. The number of aromatic nitrogens is 3. The molecule has 1 aliphatic rings. The van der Waals surface area contributed by atoms with Gasteiger partial charge >= 0.3 is 0 Å². The van der Waals surface area contributed by atoms with E-state index in [0.29, 0.717) is 23.9 Å². The second-order valence-electron chi connectivity index (χ2n) is 7.14. The fourth-order valence-corrected chi connectivity index (χ4v) is 4.33. The van der Waals surface area contributed by atoms with Gasteiger partial charge in [0.25, 0.3) is 0 Å². The zero-order chi connectivity index (χ0) is 21.1. The largest absolute Gasteiger partial charge is 0.378 e. The van der Waals surface area contributed by atoms with Crippen LogP contribution in [0.15, 0.2) is 53.7 Å². The minimum atomic E-state index is -0.403. The number of carbonyl (C=O) groups excluding carboxylic acids is 1. The van der Waals surface area contributed by atoms with Crippen LogP contribution in [-0.4, -0.2) is 52.1 Å². The summed E-state index contributed by atoms with van der Waals surface area (Å²) in [5.74, 6) is 0.310. The van der Waals surface area contributed by atoms with Crippen molar-refractivity contribution in [3.05, 3.63) is 65.5 Å². The normalized spacial score (nSPS) is 15.2. The molecule has 0 amide bonds. The number of rotatable bonds is 6. The van der Waals surface area contributed by atoms with Crippen LogP contribution in [0, 0.1) is 12.7 Å². The van der Waals surface area contributed by atoms with Crippen LogP contribution in [0.5, 0.6) is 0 Å². The lowest BCUT2D eigenvalue weighted by Gasteiger charge is -2.28. The summed E-state index contributed by atoms with van der Waals surface area (Å²) in [6.07, 6.45) is 0. The molecule has 1 fully saturated rings. The number of morpholine rings is 1. The Morgan fingerprint density at radius 3 is 2.50 bits per heavy atom. The minimum absolute atomic E-state index is 0.0766. The smallest absolute Gasteiger partial charge is 0.232 e. The molecule has 6 nitrogen and oxygen atoms in total. The molecule has 4 rings (SSSR count). The maximum absolute atomic E-state index is 13.2. The summed E-state index contributed by atoms with van der Waals surface area (Å²) in [6, 6.07) is 13.7. The maximum atomic E-state index is 13.2. The Hall–Kier alpha value is -2.71. The van der Waals surface area contributed by atoms with Crippen LogP contribution in [0.3, 0.4) is 0 Å². The van der Waals surface area contributed by atoms with Crippen LogP contribution in [-0.2, 0) is 4.74 Å². The summed E-state index contributed by atoms with van der Waals surface area (Å²) in [6.45, 7) is 6.63. The van der Waals surface area contributed by atoms with Crippen molar-refractivity contribution in [3.8, 4) is 5.69 Å². The van der Waals surface area contributed by atoms with Crippen LogP contribution in [0.2, 0.25) is 0 Å². The van der Waals surface area contributed by atoms with Crippen LogP contribution >= 0.6 is 11.8 Å². The predicted molar refractivity (Wildman–Crippen MR) is 115 cm³/mol. The molecule has 2 heterocycles. The third-order valence-corrected chi connectivity index (χ3v) is 6.09. The van der Waals surface area contributed by atoms with Crippen LogP contribution in [0.25, 0.3) is 5.69 Å². The summed E-state index contributed by atoms with van der Waals surface area (Å²) < 4.78 is 20.7. The van der Waals surface area contributed by atoms with E-state index in [1.807, 2.05) is 42.7 Å². The van der Waals surface area contributed by atoms with Gasteiger partial charge in [0.15, 0.2) is 10.9 Å². The van der Waals surface area contributed by atoms with E-state index >= 15 is 0 Å². The number of ketones is 1. The topological polar surface area (TPSA) is 60.2 Å². The third kappa shape index (κ3) is 4.24. The number of thioether (sulfide) groups is 1. The molecule has 3 aromatic rings. The first-order valence-electron chi connectivity index (χ1n) is 9.85. The molecule has 156 valence electrons. The van der Waals surface area contributed by atoms with Gasteiger partial charge in [-0.3, -0.25) is 9.36 Å². The molecule has 1 atom stereocenters. The number of Topliss-reactive ketones (excluding diaryl/α,β-unsaturated/α-hetero) is 1. The summed E-state index contributed by atoms with van der Waals surface area (Å²) in [7, 11) is 0. The SMILES string of the molecule is Cc1ccccc1-n1c(SC(C)C(=O)c2ccc(F)cc2)nnc1N1CCOCC1. The molecule has 2 aromatic carbocycles. The Kier molecular flexibility index (Phi) is 6.15. The second-order valence-corrected chi connectivity index (χ2v) is 8.44. The molecule has 1 unspecified atom stereocenters. The second kappa shape index (κ2) is 8.97. The molecule has 0 N–H and O–H groups in total. The van der Waals surface area contributed by atoms with Crippen molar-refractivity contribution < 1.29 is 13.9 Å². The van der Waals surface area contributed by atoms with Gasteiger partial charge in [-0.2, -0.15) is 0 Å². The zero-order valence-corrected chi connectivity index (χ0v) is 17.7. The Bertz CT molecular complexity index is 1030. The van der Waals surface area contributed by atoms with Gasteiger partial charge in [0.1, 0.15) is 5.82 Å². The molecule has 0 saturated carbocycles. The molecule has 1 aromatic heterocycles. The highest BCUT2D eigenvalue weighted by Gasteiger charge is 2.25. The summed E-state index contributed by atoms with van der Waals surface area (Å²) in [5.41, 5.74) is 2.55. The molecule has 30 heavy (non-hydrogen) atoms. The monoisotopic (exact) mass is 426 g/mol. The Morgan fingerprint density at radius 2 is 1.80 bits per heavy atom. The number of aryl methyl sites for hydroxylation is 1. The zero-order valence-electron chi connectivity index (χ0n) is 16.9. The van der Waals surface area contributed by atoms with Crippen molar-refractivity contribution in [2.24, 2.45) is 0 Å². The van der Waals surface area contributed by atoms with Gasteiger partial charge in [0.2, 0.25) is 5.95 Å². The fourth-order valence-electron chi connectivity index (χ4n) is 3.39. The lowest BCUT2D eigenvalue weighted by Crippen LogP contribution is -2.38. The van der Waals surface area contributed by atoms with E-state index in [9.17, 15) is 9.18 Å². The van der Waals surface area contributed by atoms with E-state index in [2.05, 4.69) is 15.1 Å². The van der Waals surface area contributed by atoms with Gasteiger partial charge in [-0.05, 0) is 49.7 Å². The highest BCUT2D eigenvalue weighted by molar-refractivity contribution is 8.00. The van der Waals surface area contributed by atoms with Gasteiger partial charge in [-0.1, -0.05) is 30.0 Å². The van der Waals surface area contributed by atoms with Crippen molar-refractivity contribution in [3.63, 3.8) is 0 Å². The van der Waals surface area contributed by atoms with Crippen LogP contribution in [0.4, 0.5) is 10.3 Å². The molecule has 8 heteroatoms. The number of hydrogen-bond acceptors (Lipinski definition) is 6. The van der Waals surface area contributed by atoms with Crippen molar-refractivity contribution in [2.75, 3.05) is 31.2 Å². The molecular weight excluding hydrogens is 403 g/mol. The third-order valence-electron chi connectivity index (χ3n) is 5.05. The number of hydrogen-bond donors (Lipinski definition) is 0. The van der Waals surface area contributed by atoms with Crippen molar-refractivity contribution >= 4 is 23.5 Å². The average Bonchev–Trinajstić information content (AvgIpc) is 3.18. The predicted octanol–water partition coefficient (Wildman–Crippen LogP) is 3.91. The summed E-state index contributed by atoms with van der Waals surface area (Å²) >= 11 is 1.35. The first-order valence-corrected chi connectivity index (χ1v) is 10.7. The van der Waals surface area contributed by atoms with E-state index in [-0.39, 0.29) is 11.6 Å². The van der Waals surface area contributed by atoms with E-state index in [0.717, 1.165) is 30.3 Å². The van der Waals surface area contributed by atoms with Gasteiger partial charge in [0, 0.05) is 18.7 Å². The Morgan fingerprint density at radius 1 is 1.10 bits per heavy atom. The maximum Gasteiger partial charge on any atom is 0.232 e. The molecule has 1 saturated heterocycles. The highest BCUT2D eigenvalue weighted by Crippen LogP contribution is 2.32. The van der Waals surface area contributed by atoms with Crippen molar-refractivity contribution in [1.29, 1.82) is 0 Å². The first kappa shape index (κ1) is 20.6. The average molecular weight is 427 g/mol. The van der Waals surface area contributed by atoms with Gasteiger partial charge < -0.3 is 9.64 Å². The molecule has 1 aliphatic heterocycles. The molecule has 0 bridgehead atoms. The molecule has 0 aliphatic carbocycles.